The van der Waals surface area contributed by atoms with Crippen molar-refractivity contribution in [3.8, 4) is 0 Å². The van der Waals surface area contributed by atoms with E-state index in [9.17, 15) is 8.42 Å². The molecule has 1 fully saturated rings. The van der Waals surface area contributed by atoms with E-state index >= 15 is 0 Å². The van der Waals surface area contributed by atoms with E-state index in [0.29, 0.717) is 18.2 Å². The van der Waals surface area contributed by atoms with E-state index in [4.69, 9.17) is 11.6 Å². The minimum absolute atomic E-state index is 0.175. The Hall–Kier alpha value is -0.880. The maximum absolute atomic E-state index is 11.3. The van der Waals surface area contributed by atoms with Gasteiger partial charge in [0.15, 0.2) is 9.84 Å². The molecule has 16 heavy (non-hydrogen) atoms. The number of halogens is 1. The van der Waals surface area contributed by atoms with Gasteiger partial charge in [0, 0.05) is 18.7 Å². The second kappa shape index (κ2) is 4.18. The second-order valence-corrected chi connectivity index (χ2v) is 6.41. The van der Waals surface area contributed by atoms with Crippen molar-refractivity contribution in [2.24, 2.45) is 0 Å². The van der Waals surface area contributed by atoms with E-state index in [1.807, 2.05) is 11.8 Å². The third-order valence-electron chi connectivity index (χ3n) is 2.64. The summed E-state index contributed by atoms with van der Waals surface area (Å²) < 4.78 is 22.6. The van der Waals surface area contributed by atoms with Gasteiger partial charge in [0.2, 0.25) is 0 Å². The lowest BCUT2D eigenvalue weighted by Crippen LogP contribution is -2.41. The zero-order valence-corrected chi connectivity index (χ0v) is 10.4. The molecule has 5 nitrogen and oxygen atoms in total. The number of aromatic nitrogens is 2. The van der Waals surface area contributed by atoms with E-state index < -0.39 is 9.84 Å². The largest absolute Gasteiger partial charge is 0.354 e. The summed E-state index contributed by atoms with van der Waals surface area (Å²) in [6.45, 7) is 2.77. The smallest absolute Gasteiger partial charge is 0.153 e. The normalized spacial score (nSPS) is 19.8. The van der Waals surface area contributed by atoms with Gasteiger partial charge < -0.3 is 4.90 Å². The summed E-state index contributed by atoms with van der Waals surface area (Å²) in [5.74, 6) is 1.08. The van der Waals surface area contributed by atoms with E-state index in [1.165, 1.54) is 6.33 Å². The van der Waals surface area contributed by atoms with Gasteiger partial charge in [-0.2, -0.15) is 0 Å². The van der Waals surface area contributed by atoms with Crippen molar-refractivity contribution >= 4 is 27.3 Å². The zero-order valence-electron chi connectivity index (χ0n) is 8.85. The maximum Gasteiger partial charge on any atom is 0.153 e. The molecule has 0 aromatic carbocycles. The molecule has 1 saturated heterocycles. The molecule has 1 aromatic heterocycles. The molecule has 0 N–H and O–H groups in total. The summed E-state index contributed by atoms with van der Waals surface area (Å²) >= 11 is 5.89. The number of sulfone groups is 1. The molecule has 0 amide bonds. The molecular weight excluding hydrogens is 250 g/mol. The lowest BCUT2D eigenvalue weighted by Gasteiger charge is -2.28. The van der Waals surface area contributed by atoms with Crippen molar-refractivity contribution < 1.29 is 8.42 Å². The first-order valence-corrected chi connectivity index (χ1v) is 7.12. The molecule has 0 spiro atoms. The molecular formula is C9H12ClN3O2S. The SMILES string of the molecule is Cc1c(Cl)ncnc1N1CCS(=O)(=O)CC1. The van der Waals surface area contributed by atoms with E-state index in [2.05, 4.69) is 9.97 Å². The molecule has 0 bridgehead atoms. The Morgan fingerprint density at radius 2 is 1.94 bits per heavy atom. The first-order chi connectivity index (χ1) is 7.49. The monoisotopic (exact) mass is 261 g/mol. The van der Waals surface area contributed by atoms with Crippen molar-refractivity contribution in [3.63, 3.8) is 0 Å². The van der Waals surface area contributed by atoms with Gasteiger partial charge in [-0.05, 0) is 6.92 Å². The van der Waals surface area contributed by atoms with Gasteiger partial charge in [0.05, 0.1) is 11.5 Å². The summed E-state index contributed by atoms with van der Waals surface area (Å²) in [4.78, 5) is 9.95. The second-order valence-electron chi connectivity index (χ2n) is 3.75. The number of nitrogens with zero attached hydrogens (tertiary/aromatic N) is 3. The van der Waals surface area contributed by atoms with Crippen LogP contribution in [0.5, 0.6) is 0 Å². The highest BCUT2D eigenvalue weighted by Gasteiger charge is 2.23. The van der Waals surface area contributed by atoms with Crippen LogP contribution in [0.3, 0.4) is 0 Å². The first-order valence-electron chi connectivity index (χ1n) is 4.92. The highest BCUT2D eigenvalue weighted by atomic mass is 35.5. The number of hydrogen-bond donors (Lipinski definition) is 0. The lowest BCUT2D eigenvalue weighted by molar-refractivity contribution is 0.586. The minimum Gasteiger partial charge on any atom is -0.354 e. The molecule has 1 aromatic rings. The summed E-state index contributed by atoms with van der Waals surface area (Å²) in [6, 6.07) is 0. The topological polar surface area (TPSA) is 63.2 Å². The van der Waals surface area contributed by atoms with E-state index in [-0.39, 0.29) is 11.5 Å². The van der Waals surface area contributed by atoms with Crippen LogP contribution >= 0.6 is 11.6 Å². The van der Waals surface area contributed by atoms with E-state index in [0.717, 1.165) is 11.4 Å². The van der Waals surface area contributed by atoms with Crippen LogP contribution in [0, 0.1) is 6.92 Å². The summed E-state index contributed by atoms with van der Waals surface area (Å²) in [6.07, 6.45) is 1.40. The zero-order chi connectivity index (χ0) is 11.8. The molecule has 2 rings (SSSR count). The van der Waals surface area contributed by atoms with Crippen LogP contribution in [0.25, 0.3) is 0 Å². The van der Waals surface area contributed by atoms with Gasteiger partial charge >= 0.3 is 0 Å². The molecule has 0 aliphatic carbocycles. The summed E-state index contributed by atoms with van der Waals surface area (Å²) in [5, 5.41) is 0.415. The summed E-state index contributed by atoms with van der Waals surface area (Å²) in [7, 11) is -2.86. The fraction of sp³-hybridized carbons (Fsp3) is 0.556. The van der Waals surface area contributed by atoms with Gasteiger partial charge in [-0.15, -0.1) is 0 Å². The minimum atomic E-state index is -2.86. The fourth-order valence-electron chi connectivity index (χ4n) is 1.66. The van der Waals surface area contributed by atoms with Crippen LogP contribution in [0.4, 0.5) is 5.82 Å². The Morgan fingerprint density at radius 3 is 2.56 bits per heavy atom. The quantitative estimate of drug-likeness (QED) is 0.696. The van der Waals surface area contributed by atoms with Gasteiger partial charge in [0.1, 0.15) is 17.3 Å². The van der Waals surface area contributed by atoms with Crippen LogP contribution in [-0.4, -0.2) is 43.0 Å². The predicted molar refractivity (Wildman–Crippen MR) is 62.6 cm³/mol. The summed E-state index contributed by atoms with van der Waals surface area (Å²) in [5.41, 5.74) is 0.795. The first kappa shape index (κ1) is 11.6. The number of rotatable bonds is 1. The Kier molecular flexibility index (Phi) is 3.03. The molecule has 1 aliphatic rings. The Balaban J connectivity index is 2.24. The molecule has 0 atom stereocenters. The third kappa shape index (κ3) is 2.27. The van der Waals surface area contributed by atoms with Crippen LogP contribution in [0.2, 0.25) is 5.15 Å². The molecule has 0 saturated carbocycles. The van der Waals surface area contributed by atoms with Crippen LogP contribution in [0.15, 0.2) is 6.33 Å². The van der Waals surface area contributed by atoms with Crippen molar-refractivity contribution in [1.29, 1.82) is 0 Å². The molecule has 2 heterocycles. The molecule has 0 radical (unpaired) electrons. The Morgan fingerprint density at radius 1 is 1.31 bits per heavy atom. The highest BCUT2D eigenvalue weighted by molar-refractivity contribution is 7.91. The van der Waals surface area contributed by atoms with E-state index in [1.54, 1.807) is 0 Å². The number of anilines is 1. The number of hydrogen-bond acceptors (Lipinski definition) is 5. The van der Waals surface area contributed by atoms with Crippen LogP contribution in [-0.2, 0) is 9.84 Å². The highest BCUT2D eigenvalue weighted by Crippen LogP contribution is 2.23. The lowest BCUT2D eigenvalue weighted by atomic mass is 10.3. The maximum atomic E-state index is 11.3. The Bertz CT molecular complexity index is 489. The van der Waals surface area contributed by atoms with Gasteiger partial charge in [-0.3, -0.25) is 0 Å². The van der Waals surface area contributed by atoms with Crippen molar-refractivity contribution in [2.45, 2.75) is 6.92 Å². The fourth-order valence-corrected chi connectivity index (χ4v) is 2.99. The van der Waals surface area contributed by atoms with Crippen molar-refractivity contribution in [1.82, 2.24) is 9.97 Å². The molecule has 1 aliphatic heterocycles. The third-order valence-corrected chi connectivity index (χ3v) is 4.63. The van der Waals surface area contributed by atoms with Crippen LogP contribution < -0.4 is 4.90 Å². The van der Waals surface area contributed by atoms with Gasteiger partial charge in [-0.1, -0.05) is 11.6 Å². The Labute approximate surface area is 99.4 Å². The predicted octanol–water partition coefficient (Wildman–Crippen LogP) is 0.673. The van der Waals surface area contributed by atoms with Gasteiger partial charge in [0.25, 0.3) is 0 Å². The average molecular weight is 262 g/mol. The van der Waals surface area contributed by atoms with Crippen molar-refractivity contribution in [3.05, 3.63) is 17.0 Å². The van der Waals surface area contributed by atoms with Gasteiger partial charge in [-0.25, -0.2) is 18.4 Å². The molecule has 0 unspecified atom stereocenters. The molecule has 88 valence electrons. The average Bonchev–Trinajstić information content (AvgIpc) is 2.23. The van der Waals surface area contributed by atoms with Crippen LogP contribution in [0.1, 0.15) is 5.56 Å². The standard InChI is InChI=1S/C9H12ClN3O2S/c1-7-8(10)11-6-12-9(7)13-2-4-16(14,15)5-3-13/h6H,2-5H2,1H3. The molecule has 7 heteroatoms. The van der Waals surface area contributed by atoms with Crippen molar-refractivity contribution in [2.75, 3.05) is 29.5 Å².